The Hall–Kier alpha value is -0.790. The molecule has 0 unspecified atom stereocenters. The van der Waals surface area contributed by atoms with Crippen LogP contribution in [0.25, 0.3) is 0 Å². The van der Waals surface area contributed by atoms with Crippen LogP contribution in [0.1, 0.15) is 40.3 Å². The van der Waals surface area contributed by atoms with E-state index < -0.39 is 0 Å². The number of aromatic amines is 1. The quantitative estimate of drug-likeness (QED) is 0.611. The normalized spacial score (nSPS) is 10.3. The van der Waals surface area contributed by atoms with Crippen molar-refractivity contribution in [3.63, 3.8) is 0 Å². The third-order valence-corrected chi connectivity index (χ3v) is 1.31. The van der Waals surface area contributed by atoms with Crippen LogP contribution in [0.3, 0.4) is 0 Å². The maximum Gasteiger partial charge on any atom is 0.0490 e. The van der Waals surface area contributed by atoms with Crippen LogP contribution in [0.2, 0.25) is 0 Å². The molecule has 1 rings (SSSR count). The second-order valence-corrected chi connectivity index (χ2v) is 3.22. The Labute approximate surface area is 69.0 Å². The first kappa shape index (κ1) is 10.2. The van der Waals surface area contributed by atoms with Crippen LogP contribution in [-0.4, -0.2) is 10.2 Å². The summed E-state index contributed by atoms with van der Waals surface area (Å²) in [5, 5.41) is 6.79. The lowest BCUT2D eigenvalue weighted by Crippen LogP contribution is -2.11. The first-order valence-corrected chi connectivity index (χ1v) is 4.10. The third kappa shape index (κ3) is 3.21. The average molecular weight is 154 g/mol. The largest absolute Gasteiger partial charge is 0.282 e. The van der Waals surface area contributed by atoms with Gasteiger partial charge >= 0.3 is 0 Å². The van der Waals surface area contributed by atoms with Gasteiger partial charge < -0.3 is 0 Å². The lowest BCUT2D eigenvalue weighted by atomic mass is 9.93. The molecule has 0 saturated heterocycles. The van der Waals surface area contributed by atoms with E-state index in [4.69, 9.17) is 0 Å². The monoisotopic (exact) mass is 154 g/mol. The van der Waals surface area contributed by atoms with Crippen LogP contribution >= 0.6 is 0 Å². The van der Waals surface area contributed by atoms with Crippen molar-refractivity contribution in [1.29, 1.82) is 0 Å². The fourth-order valence-electron chi connectivity index (χ4n) is 0.674. The van der Waals surface area contributed by atoms with E-state index in [2.05, 4.69) is 31.0 Å². The Balaban J connectivity index is 0.000000461. The molecule has 0 spiro atoms. The van der Waals surface area contributed by atoms with E-state index in [1.165, 1.54) is 5.69 Å². The predicted molar refractivity (Wildman–Crippen MR) is 48.6 cm³/mol. The molecule has 2 heteroatoms. The van der Waals surface area contributed by atoms with Crippen LogP contribution in [0, 0.1) is 0 Å². The highest BCUT2D eigenvalue weighted by atomic mass is 15.1. The smallest absolute Gasteiger partial charge is 0.0490 e. The first-order chi connectivity index (χ1) is 5.11. The van der Waals surface area contributed by atoms with Crippen molar-refractivity contribution in [2.75, 3.05) is 0 Å². The van der Waals surface area contributed by atoms with Gasteiger partial charge in [-0.25, -0.2) is 0 Å². The predicted octanol–water partition coefficient (Wildman–Crippen LogP) is 2.73. The highest BCUT2D eigenvalue weighted by Gasteiger charge is 2.13. The first-order valence-electron chi connectivity index (χ1n) is 4.10. The maximum absolute atomic E-state index is 3.86. The van der Waals surface area contributed by atoms with Gasteiger partial charge in [0.25, 0.3) is 0 Å². The maximum atomic E-state index is 3.86. The van der Waals surface area contributed by atoms with Gasteiger partial charge in [-0.3, -0.25) is 5.10 Å². The Morgan fingerprint density at radius 1 is 1.27 bits per heavy atom. The summed E-state index contributed by atoms with van der Waals surface area (Å²) in [5.74, 6) is 0. The van der Waals surface area contributed by atoms with Gasteiger partial charge in [-0.2, -0.15) is 5.10 Å². The zero-order valence-electron chi connectivity index (χ0n) is 8.10. The van der Waals surface area contributed by atoms with E-state index in [0.29, 0.717) is 0 Å². The Morgan fingerprint density at radius 2 is 1.82 bits per heavy atom. The van der Waals surface area contributed by atoms with Gasteiger partial charge in [0, 0.05) is 17.3 Å². The number of hydrogen-bond acceptors (Lipinski definition) is 1. The number of aromatic nitrogens is 2. The molecule has 0 saturated carbocycles. The highest BCUT2D eigenvalue weighted by molar-refractivity contribution is 5.09. The molecule has 0 fully saturated rings. The summed E-state index contributed by atoms with van der Waals surface area (Å²) in [5.41, 5.74) is 1.39. The molecular weight excluding hydrogens is 136 g/mol. The average Bonchev–Trinajstić information content (AvgIpc) is 2.40. The van der Waals surface area contributed by atoms with E-state index in [1.807, 2.05) is 19.9 Å². The molecule has 0 aromatic carbocycles. The number of nitrogens with one attached hydrogen (secondary N) is 1. The fourth-order valence-corrected chi connectivity index (χ4v) is 0.674. The summed E-state index contributed by atoms with van der Waals surface area (Å²) in [6.45, 7) is 10.5. The third-order valence-electron chi connectivity index (χ3n) is 1.31. The van der Waals surface area contributed by atoms with Crippen molar-refractivity contribution >= 4 is 0 Å². The molecule has 0 aliphatic carbocycles. The van der Waals surface area contributed by atoms with E-state index in [1.54, 1.807) is 6.20 Å². The molecule has 0 bridgehead atoms. The molecule has 0 radical (unpaired) electrons. The van der Waals surface area contributed by atoms with E-state index >= 15 is 0 Å². The minimum absolute atomic E-state index is 0.205. The van der Waals surface area contributed by atoms with Crippen molar-refractivity contribution in [3.05, 3.63) is 18.0 Å². The van der Waals surface area contributed by atoms with Gasteiger partial charge in [0.1, 0.15) is 0 Å². The van der Waals surface area contributed by atoms with Crippen LogP contribution in [0.4, 0.5) is 0 Å². The summed E-state index contributed by atoms with van der Waals surface area (Å²) < 4.78 is 0. The van der Waals surface area contributed by atoms with Gasteiger partial charge in [-0.15, -0.1) is 0 Å². The highest BCUT2D eigenvalue weighted by Crippen LogP contribution is 2.17. The number of hydrogen-bond donors (Lipinski definition) is 1. The standard InChI is InChI=1S/C7H12N2.C2H6/c1-7(2,3)6-4-5-8-9-6;1-2/h4-5H,1-3H3,(H,8,9);1-2H3. The van der Waals surface area contributed by atoms with E-state index in [-0.39, 0.29) is 5.41 Å². The fraction of sp³-hybridized carbons (Fsp3) is 0.667. The molecule has 1 aromatic rings. The molecule has 0 aliphatic heterocycles. The molecule has 1 aromatic heterocycles. The van der Waals surface area contributed by atoms with Crippen molar-refractivity contribution in [2.24, 2.45) is 0 Å². The molecule has 64 valence electrons. The van der Waals surface area contributed by atoms with Gasteiger partial charge in [-0.05, 0) is 6.07 Å². The summed E-state index contributed by atoms with van der Waals surface area (Å²) in [6, 6.07) is 2.00. The summed E-state index contributed by atoms with van der Waals surface area (Å²) in [6.07, 6.45) is 1.78. The molecule has 0 atom stereocenters. The molecule has 1 N–H and O–H groups in total. The lowest BCUT2D eigenvalue weighted by Gasteiger charge is -2.14. The van der Waals surface area contributed by atoms with Gasteiger partial charge in [-0.1, -0.05) is 34.6 Å². The van der Waals surface area contributed by atoms with Gasteiger partial charge in [0.15, 0.2) is 0 Å². The second kappa shape index (κ2) is 4.16. The minimum atomic E-state index is 0.205. The van der Waals surface area contributed by atoms with Crippen molar-refractivity contribution in [1.82, 2.24) is 10.2 Å². The molecule has 2 nitrogen and oxygen atoms in total. The Bertz CT molecular complexity index is 170. The van der Waals surface area contributed by atoms with E-state index in [0.717, 1.165) is 0 Å². The summed E-state index contributed by atoms with van der Waals surface area (Å²) in [4.78, 5) is 0. The van der Waals surface area contributed by atoms with E-state index in [9.17, 15) is 0 Å². The molecule has 11 heavy (non-hydrogen) atoms. The van der Waals surface area contributed by atoms with Gasteiger partial charge in [0.2, 0.25) is 0 Å². The number of rotatable bonds is 0. The van der Waals surface area contributed by atoms with Crippen LogP contribution in [0.15, 0.2) is 12.3 Å². The van der Waals surface area contributed by atoms with Crippen molar-refractivity contribution in [3.8, 4) is 0 Å². The van der Waals surface area contributed by atoms with Gasteiger partial charge in [0.05, 0.1) is 0 Å². The SMILES string of the molecule is CC.CC(C)(C)c1ccn[nH]1. The topological polar surface area (TPSA) is 28.7 Å². The Kier molecular flexibility index (Phi) is 3.86. The Morgan fingerprint density at radius 3 is 2.00 bits per heavy atom. The molecule has 1 heterocycles. The second-order valence-electron chi connectivity index (χ2n) is 3.22. The number of nitrogens with zero attached hydrogens (tertiary/aromatic N) is 1. The van der Waals surface area contributed by atoms with Crippen LogP contribution in [0.5, 0.6) is 0 Å². The van der Waals surface area contributed by atoms with Crippen molar-refractivity contribution < 1.29 is 0 Å². The number of H-pyrrole nitrogens is 1. The molecule has 0 amide bonds. The minimum Gasteiger partial charge on any atom is -0.282 e. The molecule has 0 aliphatic rings. The van der Waals surface area contributed by atoms with Crippen LogP contribution in [-0.2, 0) is 5.41 Å². The van der Waals surface area contributed by atoms with Crippen LogP contribution < -0.4 is 0 Å². The van der Waals surface area contributed by atoms with Crippen molar-refractivity contribution in [2.45, 2.75) is 40.0 Å². The zero-order chi connectivity index (χ0) is 8.91. The summed E-state index contributed by atoms with van der Waals surface area (Å²) in [7, 11) is 0. The summed E-state index contributed by atoms with van der Waals surface area (Å²) >= 11 is 0. The molecular formula is C9H18N2. The zero-order valence-corrected chi connectivity index (χ0v) is 8.10. The lowest BCUT2D eigenvalue weighted by molar-refractivity contribution is 0.567.